The van der Waals surface area contributed by atoms with Gasteiger partial charge in [0.1, 0.15) is 5.82 Å². The molecule has 1 fully saturated rings. The van der Waals surface area contributed by atoms with Gasteiger partial charge in [0.05, 0.1) is 0 Å². The van der Waals surface area contributed by atoms with Gasteiger partial charge < -0.3 is 5.32 Å². The third-order valence-electron chi connectivity index (χ3n) is 4.00. The van der Waals surface area contributed by atoms with Crippen molar-refractivity contribution in [3.05, 3.63) is 64.4 Å². The minimum atomic E-state index is -0.224. The Morgan fingerprint density at radius 1 is 1.29 bits per heavy atom. The van der Waals surface area contributed by atoms with Crippen molar-refractivity contribution in [1.82, 2.24) is 4.90 Å². The van der Waals surface area contributed by atoms with Crippen LogP contribution in [0.15, 0.2) is 53.0 Å². The Morgan fingerprint density at radius 2 is 2.05 bits per heavy atom. The lowest BCUT2D eigenvalue weighted by Gasteiger charge is -2.15. The summed E-state index contributed by atoms with van der Waals surface area (Å²) >= 11 is 3.38. The highest BCUT2D eigenvalue weighted by molar-refractivity contribution is 9.10. The summed E-state index contributed by atoms with van der Waals surface area (Å²) in [5.41, 5.74) is 2.29. The Kier molecular flexibility index (Phi) is 4.27. The molecule has 21 heavy (non-hydrogen) atoms. The molecule has 1 heterocycles. The number of hydrogen-bond donors (Lipinski definition) is 1. The molecule has 3 rings (SSSR count). The van der Waals surface area contributed by atoms with E-state index in [0.717, 1.165) is 23.2 Å². The number of hydrogen-bond acceptors (Lipinski definition) is 2. The van der Waals surface area contributed by atoms with E-state index in [4.69, 9.17) is 0 Å². The van der Waals surface area contributed by atoms with Gasteiger partial charge in [-0.15, -0.1) is 0 Å². The maximum absolute atomic E-state index is 13.0. The molecule has 0 radical (unpaired) electrons. The van der Waals surface area contributed by atoms with Crippen molar-refractivity contribution in [2.24, 2.45) is 0 Å². The van der Waals surface area contributed by atoms with Gasteiger partial charge in [-0.1, -0.05) is 30.3 Å². The zero-order valence-corrected chi connectivity index (χ0v) is 13.5. The van der Waals surface area contributed by atoms with Crippen LogP contribution in [0.2, 0.25) is 0 Å². The second-order valence-corrected chi connectivity index (χ2v) is 6.30. The zero-order chi connectivity index (χ0) is 14.8. The smallest absolute Gasteiger partial charge is 0.124 e. The molecule has 4 heteroatoms. The van der Waals surface area contributed by atoms with E-state index in [0.29, 0.717) is 12.1 Å². The van der Waals surface area contributed by atoms with Crippen molar-refractivity contribution in [2.75, 3.05) is 18.4 Å². The summed E-state index contributed by atoms with van der Waals surface area (Å²) in [6.45, 7) is 4.21. The molecule has 2 aromatic rings. The van der Waals surface area contributed by atoms with Crippen molar-refractivity contribution >= 4 is 21.6 Å². The molecule has 2 nitrogen and oxygen atoms in total. The highest BCUT2D eigenvalue weighted by atomic mass is 79.9. The number of anilines is 1. The Labute approximate surface area is 133 Å². The van der Waals surface area contributed by atoms with Crippen molar-refractivity contribution in [3.8, 4) is 0 Å². The van der Waals surface area contributed by atoms with E-state index in [2.05, 4.69) is 57.3 Å². The van der Waals surface area contributed by atoms with Crippen LogP contribution in [0, 0.1) is 5.82 Å². The Balaban J connectivity index is 1.54. The predicted molar refractivity (Wildman–Crippen MR) is 87.9 cm³/mol. The number of nitrogens with one attached hydrogen (secondary N) is 1. The average molecular weight is 349 g/mol. The Bertz CT molecular complexity index is 617. The largest absolute Gasteiger partial charge is 0.383 e. The summed E-state index contributed by atoms with van der Waals surface area (Å²) in [6, 6.07) is 16.3. The fourth-order valence-electron chi connectivity index (χ4n) is 2.64. The predicted octanol–water partition coefficient (Wildman–Crippen LogP) is 4.45. The summed E-state index contributed by atoms with van der Waals surface area (Å²) in [7, 11) is 0. The van der Waals surface area contributed by atoms with Crippen LogP contribution in [0.1, 0.15) is 18.5 Å². The monoisotopic (exact) mass is 348 g/mol. The minimum Gasteiger partial charge on any atom is -0.383 e. The molecule has 1 aliphatic heterocycles. The summed E-state index contributed by atoms with van der Waals surface area (Å²) < 4.78 is 13.8. The lowest BCUT2D eigenvalue weighted by molar-refractivity contribution is 0.410. The summed E-state index contributed by atoms with van der Waals surface area (Å²) in [5, 5.41) is 3.38. The van der Waals surface area contributed by atoms with E-state index in [1.54, 1.807) is 6.07 Å². The summed E-state index contributed by atoms with van der Waals surface area (Å²) in [6.07, 6.45) is 0. The van der Waals surface area contributed by atoms with Crippen LogP contribution in [0.4, 0.5) is 10.1 Å². The van der Waals surface area contributed by atoms with Crippen LogP contribution < -0.4 is 5.32 Å². The van der Waals surface area contributed by atoms with Crippen LogP contribution >= 0.6 is 15.9 Å². The molecule has 1 unspecified atom stereocenters. The lowest BCUT2D eigenvalue weighted by Crippen LogP contribution is -2.15. The van der Waals surface area contributed by atoms with Gasteiger partial charge in [0.2, 0.25) is 0 Å². The van der Waals surface area contributed by atoms with Crippen LogP contribution in [0.3, 0.4) is 0 Å². The van der Waals surface area contributed by atoms with E-state index in [1.807, 2.05) is 6.07 Å². The zero-order valence-electron chi connectivity index (χ0n) is 11.9. The van der Waals surface area contributed by atoms with Crippen LogP contribution in [0.25, 0.3) is 0 Å². The van der Waals surface area contributed by atoms with Gasteiger partial charge >= 0.3 is 0 Å². The molecule has 1 N–H and O–H groups in total. The van der Waals surface area contributed by atoms with Crippen LogP contribution in [-0.2, 0) is 0 Å². The minimum absolute atomic E-state index is 0.224. The lowest BCUT2D eigenvalue weighted by atomic mass is 10.1. The standard InChI is InChI=1S/C17H18BrFN2/c1-12(13-5-3-2-4-6-13)21-11-15(21)10-20-17-8-7-14(19)9-16(17)18/h2-9,12,15,20H,10-11H2,1H3/t12-,15+,21?/m1/s1. The van der Waals surface area contributed by atoms with Crippen molar-refractivity contribution in [2.45, 2.75) is 19.0 Å². The van der Waals surface area contributed by atoms with Gasteiger partial charge in [-0.2, -0.15) is 0 Å². The molecular weight excluding hydrogens is 331 g/mol. The molecule has 0 aromatic heterocycles. The maximum Gasteiger partial charge on any atom is 0.124 e. The SMILES string of the molecule is C[C@H](c1ccccc1)N1C[C@@H]1CNc1ccc(F)cc1Br. The molecule has 0 amide bonds. The van der Waals surface area contributed by atoms with Crippen LogP contribution in [-0.4, -0.2) is 24.0 Å². The van der Waals surface area contributed by atoms with Crippen LogP contribution in [0.5, 0.6) is 0 Å². The van der Waals surface area contributed by atoms with E-state index < -0.39 is 0 Å². The second kappa shape index (κ2) is 6.16. The summed E-state index contributed by atoms with van der Waals surface area (Å²) in [4.78, 5) is 2.46. The van der Waals surface area contributed by atoms with Crippen molar-refractivity contribution in [3.63, 3.8) is 0 Å². The molecule has 3 atom stereocenters. The number of rotatable bonds is 5. The third kappa shape index (κ3) is 3.44. The number of nitrogens with zero attached hydrogens (tertiary/aromatic N) is 1. The van der Waals surface area contributed by atoms with E-state index in [-0.39, 0.29) is 5.82 Å². The Hall–Kier alpha value is -1.39. The van der Waals surface area contributed by atoms with E-state index >= 15 is 0 Å². The van der Waals surface area contributed by atoms with Crippen molar-refractivity contribution < 1.29 is 4.39 Å². The first-order valence-electron chi connectivity index (χ1n) is 7.15. The average Bonchev–Trinajstić information content (AvgIpc) is 3.26. The maximum atomic E-state index is 13.0. The first kappa shape index (κ1) is 14.5. The van der Waals surface area contributed by atoms with Gasteiger partial charge in [-0.3, -0.25) is 4.90 Å². The fraction of sp³-hybridized carbons (Fsp3) is 0.294. The first-order valence-corrected chi connectivity index (χ1v) is 7.94. The number of halogens is 2. The van der Waals surface area contributed by atoms with Gasteiger partial charge in [0.15, 0.2) is 0 Å². The highest BCUT2D eigenvalue weighted by Gasteiger charge is 2.37. The van der Waals surface area contributed by atoms with Gasteiger partial charge in [0.25, 0.3) is 0 Å². The topological polar surface area (TPSA) is 15.0 Å². The fourth-order valence-corrected chi connectivity index (χ4v) is 3.13. The molecule has 1 saturated heterocycles. The molecule has 0 saturated carbocycles. The second-order valence-electron chi connectivity index (χ2n) is 5.44. The Morgan fingerprint density at radius 3 is 2.76 bits per heavy atom. The van der Waals surface area contributed by atoms with Gasteiger partial charge in [-0.05, 0) is 46.6 Å². The highest BCUT2D eigenvalue weighted by Crippen LogP contribution is 2.32. The number of benzene rings is 2. The molecule has 0 aliphatic carbocycles. The molecule has 110 valence electrons. The quantitative estimate of drug-likeness (QED) is 0.803. The molecule has 1 aliphatic rings. The first-order chi connectivity index (χ1) is 10.1. The van der Waals surface area contributed by atoms with Crippen molar-refractivity contribution in [1.29, 1.82) is 0 Å². The third-order valence-corrected chi connectivity index (χ3v) is 4.65. The van der Waals surface area contributed by atoms with Gasteiger partial charge in [-0.25, -0.2) is 4.39 Å². The molecule has 0 spiro atoms. The van der Waals surface area contributed by atoms with E-state index in [9.17, 15) is 4.39 Å². The normalized spacial score (nSPS) is 21.9. The van der Waals surface area contributed by atoms with Gasteiger partial charge in [0, 0.05) is 35.3 Å². The molecular formula is C17H18BrFN2. The summed E-state index contributed by atoms with van der Waals surface area (Å²) in [5.74, 6) is -0.224. The molecule has 2 aromatic carbocycles. The molecule has 0 bridgehead atoms. The van der Waals surface area contributed by atoms with E-state index in [1.165, 1.54) is 17.7 Å².